The lowest BCUT2D eigenvalue weighted by atomic mass is 9.93. The number of aromatic nitrogens is 7. The smallest absolute Gasteiger partial charge is 0.295 e. The minimum absolute atomic E-state index is 0.101. The highest BCUT2D eigenvalue weighted by Crippen LogP contribution is 2.33. The van der Waals surface area contributed by atoms with Gasteiger partial charge in [-0.25, -0.2) is 19.9 Å². The van der Waals surface area contributed by atoms with Crippen LogP contribution in [0.1, 0.15) is 45.1 Å². The highest BCUT2D eigenvalue weighted by molar-refractivity contribution is 6.45. The number of H-pyrrole nitrogens is 1. The topological polar surface area (TPSA) is 240 Å². The third-order valence-corrected chi connectivity index (χ3v) is 11.6. The number of carbonyl (C=O) groups is 3. The number of ketones is 1. The van der Waals surface area contributed by atoms with Crippen LogP contribution in [0.3, 0.4) is 0 Å². The van der Waals surface area contributed by atoms with Crippen LogP contribution >= 0.6 is 0 Å². The van der Waals surface area contributed by atoms with Crippen molar-refractivity contribution < 1.29 is 38.1 Å². The number of anilines is 1. The van der Waals surface area contributed by atoms with E-state index in [9.17, 15) is 19.6 Å². The number of rotatable bonds is 25. The Hall–Kier alpha value is -7.11. The van der Waals surface area contributed by atoms with Crippen LogP contribution in [0, 0.1) is 23.7 Å². The zero-order valence-electron chi connectivity index (χ0n) is 38.7. The lowest BCUT2D eigenvalue weighted by molar-refractivity contribution is -0.126. The molecule has 3 N–H and O–H groups in total. The van der Waals surface area contributed by atoms with E-state index in [1.807, 2.05) is 30.3 Å². The Labute approximate surface area is 400 Å². The zero-order chi connectivity index (χ0) is 48.2. The zero-order valence-corrected chi connectivity index (χ0v) is 38.7. The molecule has 0 atom stereocenters. The third kappa shape index (κ3) is 13.8. The van der Waals surface area contributed by atoms with Crippen LogP contribution in [0.25, 0.3) is 22.3 Å². The summed E-state index contributed by atoms with van der Waals surface area (Å²) in [6, 6.07) is 13.5. The lowest BCUT2D eigenvalue weighted by Crippen LogP contribution is -2.48. The van der Waals surface area contributed by atoms with Crippen LogP contribution in [-0.4, -0.2) is 186 Å². The highest BCUT2D eigenvalue weighted by atomic mass is 16.6. The largest absolute Gasteiger partial charge is 0.494 e. The molecule has 0 bridgehead atoms. The fourth-order valence-corrected chi connectivity index (χ4v) is 7.93. The number of nitrogens with zero attached hydrogens (tertiary/aromatic N) is 10. The van der Waals surface area contributed by atoms with Crippen LogP contribution in [-0.2, 0) is 30.3 Å². The Balaban J connectivity index is 0.828. The van der Waals surface area contributed by atoms with Crippen molar-refractivity contribution in [3.63, 3.8) is 0 Å². The maximum absolute atomic E-state index is 13.8. The molecule has 6 heterocycles. The minimum Gasteiger partial charge on any atom is -0.494 e. The van der Waals surface area contributed by atoms with Crippen LogP contribution < -0.4 is 15.4 Å². The number of piperidine rings is 1. The summed E-state index contributed by atoms with van der Waals surface area (Å²) in [5.41, 5.74) is 3.43. The number of ether oxygens (including phenoxy) is 5. The Morgan fingerprint density at radius 2 is 1.55 bits per heavy atom. The van der Waals surface area contributed by atoms with Crippen LogP contribution in [0.2, 0.25) is 0 Å². The van der Waals surface area contributed by atoms with Gasteiger partial charge in [0.25, 0.3) is 17.6 Å². The van der Waals surface area contributed by atoms with E-state index in [0.717, 1.165) is 50.4 Å². The number of pyridine rings is 1. The molecule has 2 aliphatic heterocycles. The van der Waals surface area contributed by atoms with Gasteiger partial charge >= 0.3 is 0 Å². The summed E-state index contributed by atoms with van der Waals surface area (Å²) in [5.74, 6) is 1.51. The quantitative estimate of drug-likeness (QED) is 0.0250. The van der Waals surface area contributed by atoms with Crippen molar-refractivity contribution in [1.82, 2.24) is 54.7 Å². The molecular formula is C48H57N13O8. The summed E-state index contributed by atoms with van der Waals surface area (Å²) in [5, 5.41) is 20.7. The Kier molecular flexibility index (Phi) is 18.7. The van der Waals surface area contributed by atoms with Gasteiger partial charge in [-0.1, -0.05) is 36.3 Å². The molecule has 0 spiro atoms. The molecule has 362 valence electrons. The number of Topliss-reactive ketones (excluding diaryl/α,β-unsaturated/α-hetero) is 1. The molecule has 2 aliphatic rings. The minimum atomic E-state index is -0.723. The van der Waals surface area contributed by atoms with E-state index in [0.29, 0.717) is 113 Å². The van der Waals surface area contributed by atoms with Crippen molar-refractivity contribution in [2.75, 3.05) is 124 Å². The first-order valence-electron chi connectivity index (χ1n) is 22.9. The molecule has 2 saturated heterocycles. The summed E-state index contributed by atoms with van der Waals surface area (Å²) in [4.78, 5) is 67.3. The van der Waals surface area contributed by atoms with Gasteiger partial charge in [-0.3, -0.25) is 24.2 Å². The molecule has 0 radical (unpaired) electrons. The maximum Gasteiger partial charge on any atom is 0.295 e. The molecule has 69 heavy (non-hydrogen) atoms. The predicted molar refractivity (Wildman–Crippen MR) is 253 cm³/mol. The van der Waals surface area contributed by atoms with Gasteiger partial charge in [0.1, 0.15) is 30.8 Å². The van der Waals surface area contributed by atoms with Gasteiger partial charge < -0.3 is 44.2 Å². The number of likely N-dealkylation sites (tertiary alicyclic amines) is 1. The van der Waals surface area contributed by atoms with Crippen molar-refractivity contribution in [2.45, 2.75) is 19.4 Å². The molecule has 1 aromatic carbocycles. The number of nitriles is 1. The molecule has 0 saturated carbocycles. The average Bonchev–Trinajstić information content (AvgIpc) is 4.07. The highest BCUT2D eigenvalue weighted by Gasteiger charge is 2.31. The summed E-state index contributed by atoms with van der Waals surface area (Å²) in [6.07, 6.45) is 11.7. The fourth-order valence-electron chi connectivity index (χ4n) is 7.93. The second kappa shape index (κ2) is 25.9. The van der Waals surface area contributed by atoms with E-state index >= 15 is 0 Å². The molecule has 2 fully saturated rings. The molecule has 7 rings (SSSR count). The summed E-state index contributed by atoms with van der Waals surface area (Å²) < 4.78 is 28.7. The summed E-state index contributed by atoms with van der Waals surface area (Å²) in [7, 11) is 1.44. The predicted octanol–water partition coefficient (Wildman–Crippen LogP) is 2.38. The molecule has 21 heteroatoms. The Morgan fingerprint density at radius 3 is 2.25 bits per heavy atom. The lowest BCUT2D eigenvalue weighted by Gasteiger charge is -2.34. The number of hydrogen-bond acceptors (Lipinski definition) is 17. The Morgan fingerprint density at radius 1 is 0.855 bits per heavy atom. The van der Waals surface area contributed by atoms with Gasteiger partial charge in [-0.2, -0.15) is 9.94 Å². The molecule has 5 aromatic rings. The molecule has 4 aromatic heterocycles. The first kappa shape index (κ1) is 49.8. The first-order chi connectivity index (χ1) is 33.9. The summed E-state index contributed by atoms with van der Waals surface area (Å²) >= 11 is 0. The SMILES string of the molecule is C#CCOCCOCCOCCOCCN1CCN(CCNc2cc(CNC(=O)c3ncn(-c4ncc(OC)c5c(C(=O)C(=O)N6CCC(=C(C#N)c7ccccc7)CC6)c[nH]c45)n3)ncn2)CC1. The molecule has 21 nitrogen and oxygen atoms in total. The molecule has 2 amide bonds. The van der Waals surface area contributed by atoms with E-state index in [2.05, 4.69) is 62.4 Å². The van der Waals surface area contributed by atoms with Crippen molar-refractivity contribution in [1.29, 1.82) is 5.26 Å². The van der Waals surface area contributed by atoms with Crippen molar-refractivity contribution in [3.8, 4) is 30.0 Å². The van der Waals surface area contributed by atoms with Gasteiger partial charge in [0.2, 0.25) is 5.82 Å². The van der Waals surface area contributed by atoms with Gasteiger partial charge in [-0.15, -0.1) is 11.5 Å². The first-order valence-corrected chi connectivity index (χ1v) is 22.9. The van der Waals surface area contributed by atoms with Gasteiger partial charge in [0.15, 0.2) is 5.82 Å². The van der Waals surface area contributed by atoms with Crippen LogP contribution in [0.5, 0.6) is 5.75 Å². The second-order valence-corrected chi connectivity index (χ2v) is 16.0. The van der Waals surface area contributed by atoms with Crippen LogP contribution in [0.4, 0.5) is 5.82 Å². The fraction of sp³-hybridized carbons (Fsp3) is 0.438. The number of hydrogen-bond donors (Lipinski definition) is 3. The molecule has 0 aliphatic carbocycles. The number of amides is 2. The number of allylic oxidation sites excluding steroid dienone is 1. The van der Waals surface area contributed by atoms with E-state index in [1.165, 1.54) is 41.7 Å². The van der Waals surface area contributed by atoms with E-state index in [1.54, 1.807) is 6.07 Å². The monoisotopic (exact) mass is 943 g/mol. The third-order valence-electron chi connectivity index (χ3n) is 11.6. The maximum atomic E-state index is 13.8. The standard InChI is InChI=1S/C48H57N13O8/c1-3-20-66-22-24-68-26-27-69-25-23-67-21-19-59-17-15-58(16-18-59)14-11-50-41-28-37(54-33-55-41)30-53-47(63)45-56-34-61(57-45)46-43-42(40(65-2)32-52-46)39(31-51-43)44(62)48(64)60-12-9-36(10-13-60)38(29-49)35-7-5-4-6-8-35/h1,4-8,28,31-34,51H,9-27,30H2,2H3,(H,53,63)(H,50,54,55). The van der Waals surface area contributed by atoms with E-state index in [-0.39, 0.29) is 29.5 Å². The van der Waals surface area contributed by atoms with Crippen molar-refractivity contribution >= 4 is 39.9 Å². The number of piperazine rings is 1. The number of carbonyl (C=O) groups excluding carboxylic acids is 3. The average molecular weight is 944 g/mol. The number of methoxy groups -OCH3 is 1. The van der Waals surface area contributed by atoms with Gasteiger partial charge in [0.05, 0.1) is 99.9 Å². The number of terminal acetylenes is 1. The number of aromatic amines is 1. The van der Waals surface area contributed by atoms with E-state index in [4.69, 9.17) is 30.1 Å². The molecular weight excluding hydrogens is 887 g/mol. The number of fused-ring (bicyclic) bond motifs is 1. The van der Waals surface area contributed by atoms with Gasteiger partial charge in [-0.05, 0) is 24.0 Å². The van der Waals surface area contributed by atoms with Crippen molar-refractivity contribution in [2.24, 2.45) is 0 Å². The summed E-state index contributed by atoms with van der Waals surface area (Å²) in [6.45, 7) is 10.9. The Bertz CT molecular complexity index is 2600. The van der Waals surface area contributed by atoms with E-state index < -0.39 is 17.6 Å². The number of nitrogens with one attached hydrogen (secondary N) is 3. The molecule has 0 unspecified atom stereocenters. The second-order valence-electron chi connectivity index (χ2n) is 16.0. The normalized spacial score (nSPS) is 14.3. The van der Waals surface area contributed by atoms with Crippen molar-refractivity contribution in [3.05, 3.63) is 89.7 Å². The van der Waals surface area contributed by atoms with Crippen LogP contribution in [0.15, 0.2) is 67.0 Å². The number of benzene rings is 1. The van der Waals surface area contributed by atoms with Gasteiger partial charge in [0, 0.05) is 71.2 Å².